The second kappa shape index (κ2) is 7.91. The van der Waals surface area contributed by atoms with E-state index in [0.717, 1.165) is 17.9 Å². The molecular formula is C13H24N4O2. The fourth-order valence-electron chi connectivity index (χ4n) is 1.79. The Labute approximate surface area is 114 Å². The highest BCUT2D eigenvalue weighted by Crippen LogP contribution is 2.03. The molecule has 0 bridgehead atoms. The summed E-state index contributed by atoms with van der Waals surface area (Å²) in [5.74, 6) is -0.0173. The predicted octanol–water partition coefficient (Wildman–Crippen LogP) is 0.452. The maximum atomic E-state index is 11.7. The van der Waals surface area contributed by atoms with E-state index in [1.165, 1.54) is 0 Å². The van der Waals surface area contributed by atoms with Crippen LogP contribution in [0.5, 0.6) is 0 Å². The van der Waals surface area contributed by atoms with E-state index < -0.39 is 0 Å². The van der Waals surface area contributed by atoms with Gasteiger partial charge >= 0.3 is 0 Å². The van der Waals surface area contributed by atoms with Gasteiger partial charge in [0, 0.05) is 26.7 Å². The molecule has 0 aliphatic carbocycles. The SMILES string of the molecule is CCn1nc(C)cc1CNC(C)C(=O)NCCOC. The molecule has 108 valence electrons. The van der Waals surface area contributed by atoms with Crippen LogP contribution in [-0.4, -0.2) is 42.0 Å². The Morgan fingerprint density at radius 3 is 2.95 bits per heavy atom. The van der Waals surface area contributed by atoms with Crippen LogP contribution in [-0.2, 0) is 22.6 Å². The first kappa shape index (κ1) is 15.7. The van der Waals surface area contributed by atoms with E-state index in [-0.39, 0.29) is 11.9 Å². The molecule has 6 nitrogen and oxygen atoms in total. The minimum absolute atomic E-state index is 0.0173. The number of methoxy groups -OCH3 is 1. The van der Waals surface area contributed by atoms with Gasteiger partial charge in [-0.25, -0.2) is 0 Å². The summed E-state index contributed by atoms with van der Waals surface area (Å²) in [7, 11) is 1.61. The van der Waals surface area contributed by atoms with Crippen molar-refractivity contribution in [2.75, 3.05) is 20.3 Å². The average Bonchev–Trinajstić information content (AvgIpc) is 2.76. The summed E-state index contributed by atoms with van der Waals surface area (Å²) in [6, 6.07) is 1.80. The third-order valence-corrected chi connectivity index (χ3v) is 2.87. The van der Waals surface area contributed by atoms with Crippen molar-refractivity contribution in [3.8, 4) is 0 Å². The maximum absolute atomic E-state index is 11.7. The molecule has 0 aromatic carbocycles. The van der Waals surface area contributed by atoms with Crippen molar-refractivity contribution < 1.29 is 9.53 Å². The number of nitrogens with one attached hydrogen (secondary N) is 2. The van der Waals surface area contributed by atoms with Crippen LogP contribution >= 0.6 is 0 Å². The van der Waals surface area contributed by atoms with Crippen molar-refractivity contribution in [3.63, 3.8) is 0 Å². The van der Waals surface area contributed by atoms with Crippen LogP contribution < -0.4 is 10.6 Å². The monoisotopic (exact) mass is 268 g/mol. The molecule has 0 saturated carbocycles. The molecule has 1 heterocycles. The van der Waals surface area contributed by atoms with E-state index in [9.17, 15) is 4.79 Å². The normalized spacial score (nSPS) is 12.4. The van der Waals surface area contributed by atoms with Crippen LogP contribution in [0.25, 0.3) is 0 Å². The number of hydrogen-bond donors (Lipinski definition) is 2. The minimum atomic E-state index is -0.239. The summed E-state index contributed by atoms with van der Waals surface area (Å²) in [5, 5.41) is 10.4. The molecular weight excluding hydrogens is 244 g/mol. The van der Waals surface area contributed by atoms with Crippen molar-refractivity contribution in [3.05, 3.63) is 17.5 Å². The molecule has 1 aromatic rings. The summed E-state index contributed by atoms with van der Waals surface area (Å²) in [4.78, 5) is 11.7. The van der Waals surface area contributed by atoms with Gasteiger partial charge < -0.3 is 15.4 Å². The third kappa shape index (κ3) is 5.00. The molecule has 1 rings (SSSR count). The molecule has 6 heteroatoms. The molecule has 1 unspecified atom stereocenters. The Morgan fingerprint density at radius 2 is 2.32 bits per heavy atom. The predicted molar refractivity (Wildman–Crippen MR) is 73.8 cm³/mol. The molecule has 0 aliphatic heterocycles. The standard InChI is InChI=1S/C13H24N4O2/c1-5-17-12(8-10(2)16-17)9-15-11(3)13(18)14-6-7-19-4/h8,11,15H,5-7,9H2,1-4H3,(H,14,18). The zero-order valence-corrected chi connectivity index (χ0v) is 12.2. The molecule has 0 spiro atoms. The van der Waals surface area contributed by atoms with E-state index in [0.29, 0.717) is 19.7 Å². The van der Waals surface area contributed by atoms with Crippen LogP contribution in [0.2, 0.25) is 0 Å². The number of hydrogen-bond acceptors (Lipinski definition) is 4. The van der Waals surface area contributed by atoms with Gasteiger partial charge in [0.2, 0.25) is 5.91 Å². The number of aromatic nitrogens is 2. The van der Waals surface area contributed by atoms with Crippen molar-refractivity contribution in [1.29, 1.82) is 0 Å². The number of carbonyl (C=O) groups excluding carboxylic acids is 1. The summed E-state index contributed by atoms with van der Waals surface area (Å²) < 4.78 is 6.83. The summed E-state index contributed by atoms with van der Waals surface area (Å²) in [6.07, 6.45) is 0. The number of amides is 1. The lowest BCUT2D eigenvalue weighted by Gasteiger charge is -2.14. The van der Waals surface area contributed by atoms with Crippen LogP contribution in [0.3, 0.4) is 0 Å². The molecule has 1 amide bonds. The quantitative estimate of drug-likeness (QED) is 0.672. The summed E-state index contributed by atoms with van der Waals surface area (Å²) in [6.45, 7) is 8.40. The first-order valence-electron chi connectivity index (χ1n) is 6.61. The Balaban J connectivity index is 2.40. The lowest BCUT2D eigenvalue weighted by molar-refractivity contribution is -0.123. The van der Waals surface area contributed by atoms with Crippen LogP contribution in [0.15, 0.2) is 6.07 Å². The molecule has 2 N–H and O–H groups in total. The number of carbonyl (C=O) groups is 1. The highest BCUT2D eigenvalue weighted by atomic mass is 16.5. The Bertz CT molecular complexity index is 403. The smallest absolute Gasteiger partial charge is 0.236 e. The van der Waals surface area contributed by atoms with Crippen molar-refractivity contribution in [2.24, 2.45) is 0 Å². The number of nitrogens with zero attached hydrogens (tertiary/aromatic N) is 2. The molecule has 19 heavy (non-hydrogen) atoms. The maximum Gasteiger partial charge on any atom is 0.236 e. The van der Waals surface area contributed by atoms with Crippen molar-refractivity contribution in [1.82, 2.24) is 20.4 Å². The van der Waals surface area contributed by atoms with E-state index in [1.807, 2.05) is 24.6 Å². The number of aryl methyl sites for hydroxylation is 2. The lowest BCUT2D eigenvalue weighted by Crippen LogP contribution is -2.43. The van der Waals surface area contributed by atoms with Gasteiger partial charge in [0.15, 0.2) is 0 Å². The number of ether oxygens (including phenoxy) is 1. The Morgan fingerprint density at radius 1 is 1.58 bits per heavy atom. The van der Waals surface area contributed by atoms with Gasteiger partial charge in [0.1, 0.15) is 0 Å². The zero-order chi connectivity index (χ0) is 14.3. The van der Waals surface area contributed by atoms with Gasteiger partial charge in [-0.3, -0.25) is 9.48 Å². The molecule has 0 fully saturated rings. The first-order chi connectivity index (χ1) is 9.08. The summed E-state index contributed by atoms with van der Waals surface area (Å²) in [5.41, 5.74) is 2.09. The van der Waals surface area contributed by atoms with Gasteiger partial charge in [-0.2, -0.15) is 5.10 Å². The second-order valence-electron chi connectivity index (χ2n) is 4.48. The van der Waals surface area contributed by atoms with E-state index >= 15 is 0 Å². The topological polar surface area (TPSA) is 68.2 Å². The van der Waals surface area contributed by atoms with Crippen molar-refractivity contribution >= 4 is 5.91 Å². The minimum Gasteiger partial charge on any atom is -0.383 e. The van der Waals surface area contributed by atoms with E-state index in [1.54, 1.807) is 7.11 Å². The van der Waals surface area contributed by atoms with Gasteiger partial charge in [0.05, 0.1) is 24.0 Å². The molecule has 1 aromatic heterocycles. The highest BCUT2D eigenvalue weighted by Gasteiger charge is 2.12. The molecule has 1 atom stereocenters. The Hall–Kier alpha value is -1.40. The van der Waals surface area contributed by atoms with Crippen molar-refractivity contribution in [2.45, 2.75) is 39.9 Å². The van der Waals surface area contributed by atoms with Gasteiger partial charge in [-0.1, -0.05) is 0 Å². The highest BCUT2D eigenvalue weighted by molar-refractivity contribution is 5.81. The zero-order valence-electron chi connectivity index (χ0n) is 12.2. The Kier molecular flexibility index (Phi) is 6.52. The van der Waals surface area contributed by atoms with E-state index in [4.69, 9.17) is 4.74 Å². The van der Waals surface area contributed by atoms with Gasteiger partial charge in [-0.15, -0.1) is 0 Å². The average molecular weight is 268 g/mol. The molecule has 0 aliphatic rings. The van der Waals surface area contributed by atoms with Gasteiger partial charge in [-0.05, 0) is 26.8 Å². The van der Waals surface area contributed by atoms with Crippen LogP contribution in [0, 0.1) is 6.92 Å². The number of rotatable bonds is 8. The van der Waals surface area contributed by atoms with Crippen LogP contribution in [0.4, 0.5) is 0 Å². The van der Waals surface area contributed by atoms with Crippen LogP contribution in [0.1, 0.15) is 25.2 Å². The first-order valence-corrected chi connectivity index (χ1v) is 6.61. The third-order valence-electron chi connectivity index (χ3n) is 2.87. The summed E-state index contributed by atoms with van der Waals surface area (Å²) >= 11 is 0. The molecule has 0 saturated heterocycles. The fourth-order valence-corrected chi connectivity index (χ4v) is 1.79. The fraction of sp³-hybridized carbons (Fsp3) is 0.692. The van der Waals surface area contributed by atoms with Gasteiger partial charge in [0.25, 0.3) is 0 Å². The molecule has 0 radical (unpaired) electrons. The van der Waals surface area contributed by atoms with E-state index in [2.05, 4.69) is 22.7 Å². The largest absolute Gasteiger partial charge is 0.383 e. The second-order valence-corrected chi connectivity index (χ2v) is 4.48. The lowest BCUT2D eigenvalue weighted by atomic mass is 10.3.